The minimum absolute atomic E-state index is 0.0635. The number of benzene rings is 1. The second kappa shape index (κ2) is 8.20. The van der Waals surface area contributed by atoms with Gasteiger partial charge in [0.2, 0.25) is 5.91 Å². The Morgan fingerprint density at radius 1 is 1.15 bits per heavy atom. The van der Waals surface area contributed by atoms with Crippen LogP contribution in [0.25, 0.3) is 0 Å². The van der Waals surface area contributed by atoms with Crippen LogP contribution in [0.2, 0.25) is 0 Å². The van der Waals surface area contributed by atoms with Crippen LogP contribution in [-0.2, 0) is 9.59 Å². The van der Waals surface area contributed by atoms with Crippen LogP contribution in [0.4, 0.5) is 13.2 Å². The van der Waals surface area contributed by atoms with Gasteiger partial charge >= 0.3 is 12.1 Å². The number of likely N-dealkylation sites (tertiary alicyclic amines) is 1. The van der Waals surface area contributed by atoms with Crippen LogP contribution in [0.15, 0.2) is 30.3 Å². The molecule has 26 heavy (non-hydrogen) atoms. The van der Waals surface area contributed by atoms with E-state index in [9.17, 15) is 27.6 Å². The second-order valence-electron chi connectivity index (χ2n) is 6.12. The molecule has 1 saturated heterocycles. The number of nitrogens with zero attached hydrogens (tertiary/aromatic N) is 1. The Bertz CT molecular complexity index is 664. The standard InChI is InChI=1S/C17H19F3N2O4/c18-17(19,20)13-10-22(9-12(13)16(25)26)14(23)7-4-8-21-15(24)11-5-2-1-3-6-11/h1-3,5-6,12-13H,4,7-10H2,(H,21,24)(H,25,26)/t12-,13-/m1/s1. The molecule has 2 amide bonds. The molecule has 0 radical (unpaired) electrons. The van der Waals surface area contributed by atoms with E-state index in [2.05, 4.69) is 5.32 Å². The van der Waals surface area contributed by atoms with Crippen molar-refractivity contribution in [1.29, 1.82) is 0 Å². The Labute approximate surface area is 148 Å². The predicted octanol–water partition coefficient (Wildman–Crippen LogP) is 1.92. The fourth-order valence-electron chi connectivity index (χ4n) is 2.88. The van der Waals surface area contributed by atoms with E-state index in [1.807, 2.05) is 0 Å². The molecule has 1 aromatic rings. The first kappa shape index (κ1) is 19.7. The highest BCUT2D eigenvalue weighted by atomic mass is 19.4. The van der Waals surface area contributed by atoms with Gasteiger partial charge < -0.3 is 15.3 Å². The van der Waals surface area contributed by atoms with Gasteiger partial charge in [-0.05, 0) is 18.6 Å². The Kier molecular flexibility index (Phi) is 6.23. The van der Waals surface area contributed by atoms with Crippen LogP contribution < -0.4 is 5.32 Å². The summed E-state index contributed by atoms with van der Waals surface area (Å²) in [7, 11) is 0. The van der Waals surface area contributed by atoms with Crippen LogP contribution >= 0.6 is 0 Å². The molecule has 0 aliphatic carbocycles. The summed E-state index contributed by atoms with van der Waals surface area (Å²) in [5.74, 6) is -6.10. The molecule has 0 aromatic heterocycles. The average Bonchev–Trinajstić information content (AvgIpc) is 3.05. The molecule has 1 aromatic carbocycles. The SMILES string of the molecule is O=C(NCCCC(=O)N1C[C@@H](C(F)(F)F)[C@H](C(=O)O)C1)c1ccccc1. The van der Waals surface area contributed by atoms with Crippen molar-refractivity contribution >= 4 is 17.8 Å². The van der Waals surface area contributed by atoms with Crippen molar-refractivity contribution in [3.05, 3.63) is 35.9 Å². The van der Waals surface area contributed by atoms with E-state index in [-0.39, 0.29) is 25.3 Å². The Balaban J connectivity index is 1.79. The molecular formula is C17H19F3N2O4. The summed E-state index contributed by atoms with van der Waals surface area (Å²) in [4.78, 5) is 35.8. The Morgan fingerprint density at radius 3 is 2.35 bits per heavy atom. The summed E-state index contributed by atoms with van der Waals surface area (Å²) >= 11 is 0. The van der Waals surface area contributed by atoms with E-state index in [4.69, 9.17) is 5.11 Å². The third kappa shape index (κ3) is 4.96. The van der Waals surface area contributed by atoms with E-state index < -0.39 is 43.0 Å². The Morgan fingerprint density at radius 2 is 1.81 bits per heavy atom. The number of nitrogens with one attached hydrogen (secondary N) is 1. The van der Waals surface area contributed by atoms with Gasteiger partial charge in [0.05, 0.1) is 11.8 Å². The summed E-state index contributed by atoms with van der Waals surface area (Å²) in [5, 5.41) is 11.6. The van der Waals surface area contributed by atoms with Gasteiger partial charge in [-0.15, -0.1) is 0 Å². The zero-order chi connectivity index (χ0) is 19.3. The van der Waals surface area contributed by atoms with E-state index in [1.165, 1.54) is 0 Å². The molecule has 2 atom stereocenters. The van der Waals surface area contributed by atoms with E-state index in [0.717, 1.165) is 4.90 Å². The van der Waals surface area contributed by atoms with Gasteiger partial charge in [0.25, 0.3) is 5.91 Å². The molecule has 0 unspecified atom stereocenters. The second-order valence-corrected chi connectivity index (χ2v) is 6.12. The number of hydrogen-bond acceptors (Lipinski definition) is 3. The fraction of sp³-hybridized carbons (Fsp3) is 0.471. The predicted molar refractivity (Wildman–Crippen MR) is 85.3 cm³/mol. The molecule has 6 nitrogen and oxygen atoms in total. The number of rotatable bonds is 6. The molecule has 1 heterocycles. The highest BCUT2D eigenvalue weighted by Crippen LogP contribution is 2.37. The van der Waals surface area contributed by atoms with Crippen LogP contribution in [0, 0.1) is 11.8 Å². The number of amides is 2. The molecular weight excluding hydrogens is 353 g/mol. The highest BCUT2D eigenvalue weighted by Gasteiger charge is 2.53. The third-order valence-corrected chi connectivity index (χ3v) is 4.30. The number of carbonyl (C=O) groups excluding carboxylic acids is 2. The number of aliphatic carboxylic acids is 1. The first-order chi connectivity index (χ1) is 12.2. The van der Waals surface area contributed by atoms with Gasteiger partial charge in [-0.3, -0.25) is 14.4 Å². The van der Waals surface area contributed by atoms with Crippen LogP contribution in [0.1, 0.15) is 23.2 Å². The summed E-state index contributed by atoms with van der Waals surface area (Å²) in [6.45, 7) is -0.900. The largest absolute Gasteiger partial charge is 0.481 e. The number of carboxylic acid groups (broad SMARTS) is 1. The number of hydrogen-bond donors (Lipinski definition) is 2. The molecule has 0 saturated carbocycles. The average molecular weight is 372 g/mol. The van der Waals surface area contributed by atoms with Crippen LogP contribution in [0.3, 0.4) is 0 Å². The maximum atomic E-state index is 12.9. The van der Waals surface area contributed by atoms with E-state index in [0.29, 0.717) is 5.56 Å². The number of carboxylic acids is 1. The normalized spacial score (nSPS) is 20.0. The van der Waals surface area contributed by atoms with Crippen molar-refractivity contribution in [3.8, 4) is 0 Å². The number of carbonyl (C=O) groups is 3. The van der Waals surface area contributed by atoms with Gasteiger partial charge in [0, 0.05) is 31.6 Å². The summed E-state index contributed by atoms with van der Waals surface area (Å²) in [5.41, 5.74) is 0.468. The van der Waals surface area contributed by atoms with Crippen molar-refractivity contribution in [1.82, 2.24) is 10.2 Å². The lowest BCUT2D eigenvalue weighted by molar-refractivity contribution is -0.188. The molecule has 9 heteroatoms. The monoisotopic (exact) mass is 372 g/mol. The molecule has 0 spiro atoms. The number of halogens is 3. The quantitative estimate of drug-likeness (QED) is 0.747. The minimum atomic E-state index is -4.66. The molecule has 2 rings (SSSR count). The lowest BCUT2D eigenvalue weighted by Gasteiger charge is -2.18. The molecule has 1 aliphatic heterocycles. The van der Waals surface area contributed by atoms with Gasteiger partial charge in [-0.2, -0.15) is 13.2 Å². The van der Waals surface area contributed by atoms with E-state index >= 15 is 0 Å². The fourth-order valence-corrected chi connectivity index (χ4v) is 2.88. The smallest absolute Gasteiger partial charge is 0.394 e. The van der Waals surface area contributed by atoms with Crippen LogP contribution in [-0.4, -0.2) is 53.6 Å². The molecule has 1 fully saturated rings. The Hall–Kier alpha value is -2.58. The van der Waals surface area contributed by atoms with Crippen molar-refractivity contribution in [2.24, 2.45) is 11.8 Å². The zero-order valence-electron chi connectivity index (χ0n) is 13.8. The van der Waals surface area contributed by atoms with Crippen molar-refractivity contribution in [2.75, 3.05) is 19.6 Å². The van der Waals surface area contributed by atoms with Gasteiger partial charge in [-0.1, -0.05) is 18.2 Å². The van der Waals surface area contributed by atoms with Crippen molar-refractivity contribution < 1.29 is 32.7 Å². The molecule has 1 aliphatic rings. The summed E-state index contributed by atoms with van der Waals surface area (Å²) in [6.07, 6.45) is -4.48. The summed E-state index contributed by atoms with van der Waals surface area (Å²) in [6, 6.07) is 8.45. The topological polar surface area (TPSA) is 86.7 Å². The molecule has 2 N–H and O–H groups in total. The third-order valence-electron chi connectivity index (χ3n) is 4.30. The molecule has 142 valence electrons. The lowest BCUT2D eigenvalue weighted by atomic mass is 9.96. The maximum absolute atomic E-state index is 12.9. The maximum Gasteiger partial charge on any atom is 0.394 e. The van der Waals surface area contributed by atoms with Crippen LogP contribution in [0.5, 0.6) is 0 Å². The molecule has 0 bridgehead atoms. The van der Waals surface area contributed by atoms with Gasteiger partial charge in [0.1, 0.15) is 0 Å². The summed E-state index contributed by atoms with van der Waals surface area (Å²) < 4.78 is 38.7. The first-order valence-corrected chi connectivity index (χ1v) is 8.10. The highest BCUT2D eigenvalue weighted by molar-refractivity contribution is 5.94. The first-order valence-electron chi connectivity index (χ1n) is 8.10. The van der Waals surface area contributed by atoms with E-state index in [1.54, 1.807) is 30.3 Å². The van der Waals surface area contributed by atoms with Gasteiger partial charge in [0.15, 0.2) is 0 Å². The lowest BCUT2D eigenvalue weighted by Crippen LogP contribution is -2.34. The number of alkyl halides is 3. The van der Waals surface area contributed by atoms with Gasteiger partial charge in [-0.25, -0.2) is 0 Å². The van der Waals surface area contributed by atoms with Crippen molar-refractivity contribution in [2.45, 2.75) is 19.0 Å². The minimum Gasteiger partial charge on any atom is -0.481 e. The zero-order valence-corrected chi connectivity index (χ0v) is 13.8. The van der Waals surface area contributed by atoms with Crippen molar-refractivity contribution in [3.63, 3.8) is 0 Å².